The molecule has 0 aliphatic heterocycles. The molecule has 0 bridgehead atoms. The fourth-order valence-corrected chi connectivity index (χ4v) is 3.17. The van der Waals surface area contributed by atoms with Crippen LogP contribution >= 0.6 is 11.6 Å². The van der Waals surface area contributed by atoms with E-state index in [4.69, 9.17) is 11.6 Å². The molecule has 0 aliphatic carbocycles. The van der Waals surface area contributed by atoms with Gasteiger partial charge in [-0.05, 0) is 53.6 Å². The summed E-state index contributed by atoms with van der Waals surface area (Å²) in [5.41, 5.74) is 4.01. The van der Waals surface area contributed by atoms with E-state index >= 15 is 0 Å². The Kier molecular flexibility index (Phi) is 5.45. The van der Waals surface area contributed by atoms with E-state index in [1.807, 2.05) is 42.5 Å². The van der Waals surface area contributed by atoms with Crippen LogP contribution in [0, 0.1) is 5.82 Å². The molecule has 3 N–H and O–H groups in total. The van der Waals surface area contributed by atoms with E-state index in [1.54, 1.807) is 13.1 Å². The van der Waals surface area contributed by atoms with Gasteiger partial charge in [-0.3, -0.25) is 0 Å². The third kappa shape index (κ3) is 4.16. The number of aromatic nitrogens is 2. The fourth-order valence-electron chi connectivity index (χ4n) is 2.99. The molecule has 6 nitrogen and oxygen atoms in total. The predicted molar refractivity (Wildman–Crippen MR) is 118 cm³/mol. The molecule has 0 saturated heterocycles. The number of hydrogen-bond acceptors (Lipinski definition) is 4. The van der Waals surface area contributed by atoms with Crippen molar-refractivity contribution in [3.05, 3.63) is 77.8 Å². The molecule has 0 atom stereocenters. The van der Waals surface area contributed by atoms with Gasteiger partial charge in [-0.25, -0.2) is 19.2 Å². The second-order valence-electron chi connectivity index (χ2n) is 6.49. The molecule has 3 aromatic carbocycles. The first-order valence-corrected chi connectivity index (χ1v) is 9.47. The summed E-state index contributed by atoms with van der Waals surface area (Å²) in [5.74, 6) is 0.105. The molecule has 0 radical (unpaired) electrons. The zero-order valence-corrected chi connectivity index (χ0v) is 16.7. The molecule has 0 unspecified atom stereocenters. The lowest BCUT2D eigenvalue weighted by Crippen LogP contribution is -2.24. The summed E-state index contributed by atoms with van der Waals surface area (Å²) in [7, 11) is 1.56. The molecule has 0 spiro atoms. The zero-order valence-electron chi connectivity index (χ0n) is 15.9. The fraction of sp³-hybridized carbons (Fsp3) is 0.0455. The van der Waals surface area contributed by atoms with Crippen LogP contribution in [0.25, 0.3) is 22.0 Å². The Hall–Kier alpha value is -3.71. The Bertz CT molecular complexity index is 1230. The number of carbonyl (C=O) groups excluding carboxylic acids is 1. The normalized spacial score (nSPS) is 10.6. The van der Waals surface area contributed by atoms with Crippen molar-refractivity contribution >= 4 is 45.7 Å². The van der Waals surface area contributed by atoms with E-state index in [0.29, 0.717) is 17.2 Å². The molecule has 150 valence electrons. The average molecular weight is 422 g/mol. The van der Waals surface area contributed by atoms with E-state index in [0.717, 1.165) is 22.0 Å². The van der Waals surface area contributed by atoms with Gasteiger partial charge in [0.05, 0.1) is 10.5 Å². The lowest BCUT2D eigenvalue weighted by Gasteiger charge is -2.11. The number of nitrogens with zero attached hydrogens (tertiary/aromatic N) is 2. The smallest absolute Gasteiger partial charge is 0.318 e. The van der Waals surface area contributed by atoms with Gasteiger partial charge in [-0.2, -0.15) is 0 Å². The third-order valence-electron chi connectivity index (χ3n) is 4.52. The highest BCUT2D eigenvalue weighted by Gasteiger charge is 2.09. The largest absolute Gasteiger partial charge is 0.341 e. The molecule has 30 heavy (non-hydrogen) atoms. The van der Waals surface area contributed by atoms with Crippen LogP contribution in [0.15, 0.2) is 67.0 Å². The van der Waals surface area contributed by atoms with Crippen molar-refractivity contribution in [2.45, 2.75) is 0 Å². The summed E-state index contributed by atoms with van der Waals surface area (Å²) < 4.78 is 13.4. The maximum Gasteiger partial charge on any atom is 0.318 e. The highest BCUT2D eigenvalue weighted by molar-refractivity contribution is 6.31. The molecular formula is C22H17ClFN5O. The van der Waals surface area contributed by atoms with Crippen molar-refractivity contribution in [3.63, 3.8) is 0 Å². The first-order valence-electron chi connectivity index (χ1n) is 9.09. The van der Waals surface area contributed by atoms with Crippen molar-refractivity contribution in [1.82, 2.24) is 15.3 Å². The van der Waals surface area contributed by atoms with E-state index in [2.05, 4.69) is 25.9 Å². The highest BCUT2D eigenvalue weighted by atomic mass is 35.5. The summed E-state index contributed by atoms with van der Waals surface area (Å²) in [4.78, 5) is 20.1. The van der Waals surface area contributed by atoms with Gasteiger partial charge in [0.1, 0.15) is 18.0 Å². The molecule has 1 aromatic heterocycles. The van der Waals surface area contributed by atoms with Gasteiger partial charge >= 0.3 is 6.03 Å². The number of urea groups is 1. The molecule has 4 rings (SSSR count). The van der Waals surface area contributed by atoms with Crippen molar-refractivity contribution in [2.75, 3.05) is 17.7 Å². The number of hydrogen-bond donors (Lipinski definition) is 3. The number of benzene rings is 3. The van der Waals surface area contributed by atoms with Gasteiger partial charge in [-0.1, -0.05) is 29.8 Å². The second kappa shape index (κ2) is 8.34. The Morgan fingerprint density at radius 1 is 0.933 bits per heavy atom. The maximum absolute atomic E-state index is 13.4. The minimum Gasteiger partial charge on any atom is -0.341 e. The van der Waals surface area contributed by atoms with Crippen LogP contribution in [0.3, 0.4) is 0 Å². The molecule has 0 saturated carbocycles. The van der Waals surface area contributed by atoms with Gasteiger partial charge in [0.2, 0.25) is 0 Å². The number of amides is 2. The van der Waals surface area contributed by atoms with Gasteiger partial charge in [0.15, 0.2) is 0 Å². The predicted octanol–water partition coefficient (Wildman–Crippen LogP) is 5.58. The lowest BCUT2D eigenvalue weighted by atomic mass is 10.0. The van der Waals surface area contributed by atoms with E-state index < -0.39 is 5.82 Å². The third-order valence-corrected chi connectivity index (χ3v) is 4.81. The number of rotatable bonds is 4. The number of carbonyl (C=O) groups is 1. The quantitative estimate of drug-likeness (QED) is 0.401. The van der Waals surface area contributed by atoms with Crippen LogP contribution < -0.4 is 16.0 Å². The molecule has 4 aromatic rings. The molecule has 0 fully saturated rings. The van der Waals surface area contributed by atoms with Gasteiger partial charge in [0.25, 0.3) is 0 Å². The average Bonchev–Trinajstić information content (AvgIpc) is 2.77. The number of fused-ring (bicyclic) bond motifs is 1. The summed E-state index contributed by atoms with van der Waals surface area (Å²) in [6.07, 6.45) is 1.47. The van der Waals surface area contributed by atoms with Crippen LogP contribution in [-0.2, 0) is 0 Å². The van der Waals surface area contributed by atoms with Crippen molar-refractivity contribution in [2.24, 2.45) is 0 Å². The van der Waals surface area contributed by atoms with Crippen molar-refractivity contribution < 1.29 is 9.18 Å². The zero-order chi connectivity index (χ0) is 21.1. The Morgan fingerprint density at radius 3 is 2.40 bits per heavy atom. The standard InChI is InChI=1S/C22H17ClFN5O/c1-25-22(30)29-15-5-2-13(3-6-15)14-4-9-20-17(10-14)21(27-12-26-20)28-16-7-8-19(24)18(23)11-16/h2-12H,1H3,(H2,25,29,30)(H,26,27,28). The first-order chi connectivity index (χ1) is 14.5. The Balaban J connectivity index is 1.67. The molecule has 0 aliphatic rings. The Morgan fingerprint density at radius 2 is 1.67 bits per heavy atom. The van der Waals surface area contributed by atoms with Crippen LogP contribution in [0.4, 0.5) is 26.4 Å². The summed E-state index contributed by atoms with van der Waals surface area (Å²) in [6, 6.07) is 17.5. The highest BCUT2D eigenvalue weighted by Crippen LogP contribution is 2.30. The maximum atomic E-state index is 13.4. The second-order valence-corrected chi connectivity index (χ2v) is 6.90. The van der Waals surface area contributed by atoms with Crippen LogP contribution in [0.1, 0.15) is 0 Å². The number of nitrogens with one attached hydrogen (secondary N) is 3. The van der Waals surface area contributed by atoms with Gasteiger partial charge < -0.3 is 16.0 Å². The van der Waals surface area contributed by atoms with E-state index in [9.17, 15) is 9.18 Å². The molecule has 1 heterocycles. The van der Waals surface area contributed by atoms with Gasteiger partial charge in [0, 0.05) is 23.8 Å². The number of anilines is 3. The van der Waals surface area contributed by atoms with E-state index in [1.165, 1.54) is 18.5 Å². The van der Waals surface area contributed by atoms with Crippen LogP contribution in [0.2, 0.25) is 5.02 Å². The van der Waals surface area contributed by atoms with E-state index in [-0.39, 0.29) is 11.1 Å². The monoisotopic (exact) mass is 421 g/mol. The van der Waals surface area contributed by atoms with Gasteiger partial charge in [-0.15, -0.1) is 0 Å². The van der Waals surface area contributed by atoms with Crippen molar-refractivity contribution in [1.29, 1.82) is 0 Å². The molecule has 8 heteroatoms. The summed E-state index contributed by atoms with van der Waals surface area (Å²) >= 11 is 5.88. The molecular weight excluding hydrogens is 405 g/mol. The minimum absolute atomic E-state index is 0.0319. The van der Waals surface area contributed by atoms with Crippen molar-refractivity contribution in [3.8, 4) is 11.1 Å². The van der Waals surface area contributed by atoms with Crippen LogP contribution in [0.5, 0.6) is 0 Å². The topological polar surface area (TPSA) is 78.9 Å². The SMILES string of the molecule is CNC(=O)Nc1ccc(-c2ccc3ncnc(Nc4ccc(F)c(Cl)c4)c3c2)cc1. The first kappa shape index (κ1) is 19.6. The van der Waals surface area contributed by atoms with Crippen LogP contribution in [-0.4, -0.2) is 23.0 Å². The Labute approximate surface area is 177 Å². The summed E-state index contributed by atoms with van der Waals surface area (Å²) in [6.45, 7) is 0. The minimum atomic E-state index is -0.480. The number of halogens is 2. The lowest BCUT2D eigenvalue weighted by molar-refractivity contribution is 0.254. The summed E-state index contributed by atoms with van der Waals surface area (Å²) in [5, 5.41) is 9.25. The molecule has 2 amide bonds.